The lowest BCUT2D eigenvalue weighted by Crippen LogP contribution is -1.85. The van der Waals surface area contributed by atoms with Crippen LogP contribution >= 0.6 is 0 Å². The molecule has 23 heteroatoms. The number of phenols is 19. The Kier molecular flexibility index (Phi) is 35.5. The number of aromatic hydroxyl groups is 19. The van der Waals surface area contributed by atoms with Gasteiger partial charge in [-0.1, -0.05) is 152 Å². The van der Waals surface area contributed by atoms with Gasteiger partial charge < -0.3 is 116 Å². The summed E-state index contributed by atoms with van der Waals surface area (Å²) in [5.74, 6) is 3.23. The van der Waals surface area contributed by atoms with E-state index in [2.05, 4.69) is 6.07 Å². The Morgan fingerprint density at radius 1 is 0.159 bits per heavy atom. The monoisotopic (exact) mass is 1700 g/mol. The maximum atomic E-state index is 9.64. The first-order valence-electron chi connectivity index (χ1n) is 38.2. The van der Waals surface area contributed by atoms with Gasteiger partial charge in [0.2, 0.25) is 0 Å². The third-order valence-electron chi connectivity index (χ3n) is 17.4. The third-order valence-corrected chi connectivity index (χ3v) is 17.4. The summed E-state index contributed by atoms with van der Waals surface area (Å²) in [5, 5.41) is 177. The molecule has 0 saturated heterocycles. The van der Waals surface area contributed by atoms with Crippen LogP contribution < -0.4 is 18.9 Å². The molecule has 0 fully saturated rings. The predicted octanol–water partition coefficient (Wildman–Crippen LogP) is 21.7. The van der Waals surface area contributed by atoms with Gasteiger partial charge in [-0.3, -0.25) is 0 Å². The highest BCUT2D eigenvalue weighted by molar-refractivity contribution is 5.78. The molecule has 0 aliphatic rings. The van der Waals surface area contributed by atoms with Crippen molar-refractivity contribution in [2.45, 2.75) is 6.92 Å². The molecule has 126 heavy (non-hydrogen) atoms. The normalized spacial score (nSPS) is 10.8. The van der Waals surface area contributed by atoms with Crippen molar-refractivity contribution in [1.82, 2.24) is 0 Å². The Bertz CT molecular complexity index is 5920. The second kappa shape index (κ2) is 47.5. The Hall–Kier alpha value is -17.3. The molecule has 0 atom stereocenters. The van der Waals surface area contributed by atoms with E-state index in [9.17, 15) is 81.7 Å². The number of benzene rings is 14. The molecule has 0 saturated carbocycles. The van der Waals surface area contributed by atoms with Gasteiger partial charge in [0.25, 0.3) is 0 Å². The lowest BCUT2D eigenvalue weighted by atomic mass is 10.1. The second-order valence-corrected chi connectivity index (χ2v) is 27.5. The molecule has 0 aliphatic carbocycles. The quantitative estimate of drug-likeness (QED) is 0.0280. The molecule has 0 heterocycles. The van der Waals surface area contributed by atoms with Crippen LogP contribution in [0, 0.1) is 6.92 Å². The fourth-order valence-corrected chi connectivity index (χ4v) is 11.3. The summed E-state index contributed by atoms with van der Waals surface area (Å²) in [5.41, 5.74) is 12.4. The highest BCUT2D eigenvalue weighted by Crippen LogP contribution is 2.33. The molecule has 0 unspecified atom stereocenters. The third kappa shape index (κ3) is 33.5. The number of aryl methyl sites for hydroxylation is 1. The van der Waals surface area contributed by atoms with Crippen molar-refractivity contribution in [1.29, 1.82) is 0 Å². The number of hydrogen-bond donors (Lipinski definition) is 19. The van der Waals surface area contributed by atoms with Gasteiger partial charge in [-0.2, -0.15) is 0 Å². The van der Waals surface area contributed by atoms with E-state index in [0.29, 0.717) is 44.9 Å². The molecule has 644 valence electrons. The van der Waals surface area contributed by atoms with Gasteiger partial charge in [-0.05, 0) is 255 Å². The minimum Gasteiger partial charge on any atom is -0.508 e. The van der Waals surface area contributed by atoms with Crippen LogP contribution in [0.2, 0.25) is 0 Å². The van der Waals surface area contributed by atoms with E-state index in [0.717, 1.165) is 56.0 Å². The van der Waals surface area contributed by atoms with Crippen LogP contribution in [-0.4, -0.2) is 125 Å². The average molecular weight is 1700 g/mol. The van der Waals surface area contributed by atoms with Crippen molar-refractivity contribution in [3.8, 4) is 132 Å². The second-order valence-electron chi connectivity index (χ2n) is 27.5. The molecule has 14 rings (SSSR count). The van der Waals surface area contributed by atoms with E-state index >= 15 is 0 Å². The maximum Gasteiger partial charge on any atom is 0.160 e. The summed E-state index contributed by atoms with van der Waals surface area (Å²) in [6, 6.07) is 74.7. The van der Waals surface area contributed by atoms with Crippen LogP contribution in [-0.2, 0) is 0 Å². The Morgan fingerprint density at radius 2 is 0.421 bits per heavy atom. The summed E-state index contributed by atoms with van der Waals surface area (Å²) < 4.78 is 20.3. The Morgan fingerprint density at radius 3 is 0.738 bits per heavy atom. The van der Waals surface area contributed by atoms with Gasteiger partial charge in [0.1, 0.15) is 109 Å². The molecule has 0 aliphatic heterocycles. The highest BCUT2D eigenvalue weighted by Gasteiger charge is 2.07. The molecule has 0 radical (unpaired) electrons. The molecule has 14 aromatic carbocycles. The van der Waals surface area contributed by atoms with Crippen molar-refractivity contribution in [2.75, 3.05) is 28.4 Å². The summed E-state index contributed by atoms with van der Waals surface area (Å²) in [4.78, 5) is 0. The fraction of sp³-hybridized carbons (Fsp3) is 0.0485. The average Bonchev–Trinajstić information content (AvgIpc) is 0.887. The van der Waals surface area contributed by atoms with Crippen molar-refractivity contribution in [2.24, 2.45) is 0 Å². The van der Waals surface area contributed by atoms with Gasteiger partial charge in [0.05, 0.1) is 28.4 Å². The number of ether oxygens (including phenoxy) is 4. The molecular weight excluding hydrogens is 1610 g/mol. The summed E-state index contributed by atoms with van der Waals surface area (Å²) >= 11 is 0. The summed E-state index contributed by atoms with van der Waals surface area (Å²) in [6.07, 6.45) is 25.2. The van der Waals surface area contributed by atoms with Crippen LogP contribution in [0.25, 0.3) is 85.1 Å². The Labute approximate surface area is 727 Å². The number of phenolic OH excluding ortho intramolecular Hbond substituents is 19. The van der Waals surface area contributed by atoms with Crippen LogP contribution in [0.1, 0.15) is 83.5 Å². The van der Waals surface area contributed by atoms with Crippen LogP contribution in [0.3, 0.4) is 0 Å². The van der Waals surface area contributed by atoms with E-state index < -0.39 is 0 Å². The largest absolute Gasteiger partial charge is 0.508 e. The van der Waals surface area contributed by atoms with Crippen molar-refractivity contribution < 1.29 is 116 Å². The van der Waals surface area contributed by atoms with E-state index in [1.54, 1.807) is 179 Å². The number of methoxy groups -OCH3 is 4. The lowest BCUT2D eigenvalue weighted by Gasteiger charge is -2.03. The van der Waals surface area contributed by atoms with E-state index in [-0.39, 0.29) is 109 Å². The molecule has 0 bridgehead atoms. The zero-order valence-electron chi connectivity index (χ0n) is 68.8. The number of hydrogen-bond acceptors (Lipinski definition) is 23. The molecule has 0 aromatic heterocycles. The molecule has 23 nitrogen and oxygen atoms in total. The van der Waals surface area contributed by atoms with E-state index in [4.69, 9.17) is 34.3 Å². The molecule has 0 amide bonds. The summed E-state index contributed by atoms with van der Waals surface area (Å²) in [6.45, 7) is 2.04. The van der Waals surface area contributed by atoms with Crippen LogP contribution in [0.5, 0.6) is 132 Å². The molecular formula is C103H94O23. The topological polar surface area (TPSA) is 421 Å². The molecule has 14 aromatic rings. The highest BCUT2D eigenvalue weighted by atomic mass is 16.5. The van der Waals surface area contributed by atoms with Crippen LogP contribution in [0.4, 0.5) is 0 Å². The minimum absolute atomic E-state index is 0.00257. The van der Waals surface area contributed by atoms with Crippen molar-refractivity contribution in [3.63, 3.8) is 0 Å². The van der Waals surface area contributed by atoms with Gasteiger partial charge in [-0.15, -0.1) is 0 Å². The maximum absolute atomic E-state index is 9.64. The van der Waals surface area contributed by atoms with E-state index in [1.165, 1.54) is 104 Å². The first-order chi connectivity index (χ1) is 60.3. The number of rotatable bonds is 18. The molecule has 19 N–H and O–H groups in total. The first-order valence-corrected chi connectivity index (χ1v) is 38.2. The fourth-order valence-electron chi connectivity index (χ4n) is 11.3. The zero-order valence-corrected chi connectivity index (χ0v) is 68.8. The SMILES string of the molecule is COc1cc(C)cc(/C=C/c2ccc(O)cc2)c1.COc1cc(O)cc(/C=C/c2ccc(O)cc2)c1.COc1ccc(/C=C/c2cc(O)cc(O)c2)cc1.COc1ccc(/C=C/c2cc(O)cc(O)c2)cc1O.Oc1cc(O)cc(/C=C/c2ccc(O)c(O)c2)c1.Oc1cc(O)cc(/C=C/c2ccc(O)cc2O)c1.Oc1ccc(/C=C/c2cc(O)cc(O)c2)cc1. The van der Waals surface area contributed by atoms with Gasteiger partial charge in [0.15, 0.2) is 23.0 Å². The smallest absolute Gasteiger partial charge is 0.160 e. The minimum atomic E-state index is -0.198. The molecule has 0 spiro atoms. The summed E-state index contributed by atoms with van der Waals surface area (Å²) in [7, 11) is 6.34. The Balaban J connectivity index is 0.000000182. The van der Waals surface area contributed by atoms with Gasteiger partial charge in [0, 0.05) is 48.0 Å². The predicted molar refractivity (Wildman–Crippen MR) is 495 cm³/mol. The lowest BCUT2D eigenvalue weighted by molar-refractivity contribution is 0.373. The van der Waals surface area contributed by atoms with Crippen molar-refractivity contribution >= 4 is 85.1 Å². The van der Waals surface area contributed by atoms with E-state index in [1.807, 2.05) is 116 Å². The standard InChI is InChI=1S/C16H16O2.C15H14O4.2C15H14O3.2C14H12O4.C14H12O3/c1-12-9-14(11-16(10-12)18-2)4-3-13-5-7-15(17)8-6-13;1-19-15-5-4-10(8-14(15)18)2-3-11-6-12(16)9-13(17)7-11;1-18-15-6-4-11(5-7-15)2-3-12-8-13(16)10-14(17)9-12;1-18-15-9-12(8-14(17)10-15)3-2-11-4-6-13(16)7-5-11;15-11-4-3-10(14(18)8-11)2-1-9-5-12(16)7-13(17)6-9;15-11-5-10(6-12(16)8-11)2-1-9-3-4-13(17)14(18)7-9;15-12-5-3-10(4-6-12)1-2-11-7-13(16)9-14(17)8-11/h3-11,17H,1-2H3;2-9,16-18H,1H3;2*2-10,16-17H,1H3;2*1-8,15-18H;1-9,15-17H/b4-3+;3*3-2+;3*2-1+. The first kappa shape index (κ1) is 94.1. The zero-order chi connectivity index (χ0) is 91.2. The van der Waals surface area contributed by atoms with Crippen molar-refractivity contribution in [3.05, 3.63) is 363 Å². The van der Waals surface area contributed by atoms with Crippen LogP contribution in [0.15, 0.2) is 279 Å². The van der Waals surface area contributed by atoms with Gasteiger partial charge in [-0.25, -0.2) is 0 Å². The van der Waals surface area contributed by atoms with Gasteiger partial charge >= 0.3 is 0 Å².